The molecule has 2 atom stereocenters. The van der Waals surface area contributed by atoms with Crippen LogP contribution in [0.3, 0.4) is 0 Å². The summed E-state index contributed by atoms with van der Waals surface area (Å²) in [6.45, 7) is 1.90. The maximum absolute atomic E-state index is 12.1. The first-order chi connectivity index (χ1) is 17.6. The van der Waals surface area contributed by atoms with Crippen LogP contribution in [-0.4, -0.2) is 47.6 Å². The zero-order valence-electron chi connectivity index (χ0n) is 22.0. The van der Waals surface area contributed by atoms with Crippen LogP contribution in [0.1, 0.15) is 135 Å². The second-order valence-corrected chi connectivity index (χ2v) is 10.7. The molecule has 2 aliphatic rings. The topological polar surface area (TPSA) is 99.7 Å². The molecule has 0 amide bonds. The monoisotopic (exact) mass is 502 g/mol. The number of ether oxygens (including phenoxy) is 2. The fourth-order valence-electron chi connectivity index (χ4n) is 5.23. The molecule has 2 heterocycles. The summed E-state index contributed by atoms with van der Waals surface area (Å²) in [5, 5.41) is 19.4. The molecule has 0 bridgehead atoms. The van der Waals surface area contributed by atoms with Gasteiger partial charge in [-0.25, -0.2) is 9.59 Å². The van der Waals surface area contributed by atoms with E-state index < -0.39 is 11.9 Å². The molecule has 0 spiro atoms. The van der Waals surface area contributed by atoms with E-state index in [9.17, 15) is 19.8 Å². The molecule has 202 valence electrons. The molecule has 3 rings (SSSR count). The smallest absolute Gasteiger partial charge is 0.336 e. The van der Waals surface area contributed by atoms with E-state index in [-0.39, 0.29) is 11.1 Å². The molecule has 2 unspecified atom stereocenters. The highest BCUT2D eigenvalue weighted by atomic mass is 16.6. The number of carboxylic acids is 2. The lowest BCUT2D eigenvalue weighted by atomic mass is 9.89. The van der Waals surface area contributed by atoms with E-state index in [0.717, 1.165) is 62.9 Å². The van der Waals surface area contributed by atoms with Crippen LogP contribution < -0.4 is 0 Å². The molecule has 6 nitrogen and oxygen atoms in total. The van der Waals surface area contributed by atoms with E-state index in [2.05, 4.69) is 0 Å². The maximum Gasteiger partial charge on any atom is 0.336 e. The van der Waals surface area contributed by atoms with Crippen LogP contribution in [0.15, 0.2) is 12.1 Å². The standard InChI is InChI=1S/C30H46O6/c31-29(32)27-20-19-23(15-11-7-3-1-4-8-12-16-24-21-35-24)26(28(27)30(33)34)18-14-10-6-2-5-9-13-17-25-22-36-25/h19-20,24-25H,1-18,21-22H2,(H,31,32)(H,33,34). The Bertz CT molecular complexity index is 812. The number of hydrogen-bond acceptors (Lipinski definition) is 4. The van der Waals surface area contributed by atoms with E-state index in [1.54, 1.807) is 0 Å². The number of hydrogen-bond donors (Lipinski definition) is 2. The number of epoxide rings is 2. The van der Waals surface area contributed by atoms with Crippen LogP contribution in [0.5, 0.6) is 0 Å². The molecular weight excluding hydrogens is 456 g/mol. The van der Waals surface area contributed by atoms with Crippen molar-refractivity contribution in [3.63, 3.8) is 0 Å². The van der Waals surface area contributed by atoms with Crippen molar-refractivity contribution in [1.29, 1.82) is 0 Å². The molecule has 6 heteroatoms. The summed E-state index contributed by atoms with van der Waals surface area (Å²) < 4.78 is 10.5. The molecule has 1 aromatic rings. The summed E-state index contributed by atoms with van der Waals surface area (Å²) in [4.78, 5) is 23.8. The number of rotatable bonds is 22. The Morgan fingerprint density at radius 2 is 1.08 bits per heavy atom. The predicted molar refractivity (Wildman–Crippen MR) is 141 cm³/mol. The van der Waals surface area contributed by atoms with Gasteiger partial charge in [-0.15, -0.1) is 0 Å². The molecule has 0 saturated carbocycles. The predicted octanol–water partition coefficient (Wildman–Crippen LogP) is 7.21. The lowest BCUT2D eigenvalue weighted by Crippen LogP contribution is -2.14. The minimum absolute atomic E-state index is 0.00179. The summed E-state index contributed by atoms with van der Waals surface area (Å²) in [7, 11) is 0. The van der Waals surface area contributed by atoms with Crippen molar-refractivity contribution in [2.75, 3.05) is 13.2 Å². The molecule has 2 aliphatic heterocycles. The average molecular weight is 503 g/mol. The fourth-order valence-corrected chi connectivity index (χ4v) is 5.23. The molecule has 0 aromatic heterocycles. The Hall–Kier alpha value is -1.92. The quantitative estimate of drug-likeness (QED) is 0.128. The van der Waals surface area contributed by atoms with Crippen molar-refractivity contribution in [1.82, 2.24) is 0 Å². The van der Waals surface area contributed by atoms with Crippen molar-refractivity contribution in [3.05, 3.63) is 34.4 Å². The van der Waals surface area contributed by atoms with Crippen molar-refractivity contribution in [2.24, 2.45) is 0 Å². The lowest BCUT2D eigenvalue weighted by Gasteiger charge is -2.15. The first-order valence-corrected chi connectivity index (χ1v) is 14.4. The molecule has 36 heavy (non-hydrogen) atoms. The lowest BCUT2D eigenvalue weighted by molar-refractivity contribution is 0.0650. The average Bonchev–Trinajstić information content (AvgIpc) is 3.77. The summed E-state index contributed by atoms with van der Waals surface area (Å²) in [5.74, 6) is -2.29. The van der Waals surface area contributed by atoms with Crippen molar-refractivity contribution < 1.29 is 29.3 Å². The summed E-state index contributed by atoms with van der Waals surface area (Å²) >= 11 is 0. The van der Waals surface area contributed by atoms with Crippen molar-refractivity contribution in [2.45, 2.75) is 128 Å². The Morgan fingerprint density at radius 1 is 0.639 bits per heavy atom. The van der Waals surface area contributed by atoms with E-state index in [1.165, 1.54) is 76.7 Å². The van der Waals surface area contributed by atoms with Gasteiger partial charge in [0, 0.05) is 0 Å². The third kappa shape index (κ3) is 11.0. The van der Waals surface area contributed by atoms with Gasteiger partial charge in [0.25, 0.3) is 0 Å². The van der Waals surface area contributed by atoms with Crippen LogP contribution in [0.25, 0.3) is 0 Å². The Kier molecular flexibility index (Phi) is 12.8. The highest BCUT2D eigenvalue weighted by molar-refractivity contribution is 6.03. The van der Waals surface area contributed by atoms with E-state index in [0.29, 0.717) is 18.6 Å². The largest absolute Gasteiger partial charge is 0.478 e. The first kappa shape index (κ1) is 28.6. The van der Waals surface area contributed by atoms with Gasteiger partial charge in [-0.1, -0.05) is 83.1 Å². The Morgan fingerprint density at radius 3 is 1.53 bits per heavy atom. The van der Waals surface area contributed by atoms with E-state index in [1.807, 2.05) is 6.07 Å². The first-order valence-electron chi connectivity index (χ1n) is 14.4. The molecule has 2 N–H and O–H groups in total. The van der Waals surface area contributed by atoms with Gasteiger partial charge in [0.1, 0.15) is 0 Å². The minimum atomic E-state index is -1.16. The summed E-state index contributed by atoms with van der Waals surface area (Å²) in [5.41, 5.74) is 1.68. The second-order valence-electron chi connectivity index (χ2n) is 10.7. The number of unbranched alkanes of at least 4 members (excludes halogenated alkanes) is 12. The Balaban J connectivity index is 1.40. The normalized spacial score (nSPS) is 18.3. The van der Waals surface area contributed by atoms with Crippen molar-refractivity contribution in [3.8, 4) is 0 Å². The highest BCUT2D eigenvalue weighted by Gasteiger charge is 2.23. The third-order valence-corrected chi connectivity index (χ3v) is 7.58. The van der Waals surface area contributed by atoms with E-state index in [4.69, 9.17) is 9.47 Å². The molecule has 0 radical (unpaired) electrons. The van der Waals surface area contributed by atoms with Gasteiger partial charge in [0.2, 0.25) is 0 Å². The number of aryl methyl sites for hydroxylation is 1. The molecular formula is C30H46O6. The summed E-state index contributed by atoms with van der Waals surface area (Å²) in [6.07, 6.45) is 21.3. The number of carbonyl (C=O) groups is 2. The number of benzene rings is 1. The van der Waals surface area contributed by atoms with Gasteiger partial charge in [0.15, 0.2) is 0 Å². The van der Waals surface area contributed by atoms with Gasteiger partial charge in [-0.3, -0.25) is 0 Å². The molecule has 1 aromatic carbocycles. The van der Waals surface area contributed by atoms with Crippen LogP contribution in [0.4, 0.5) is 0 Å². The number of aromatic carboxylic acids is 2. The fraction of sp³-hybridized carbons (Fsp3) is 0.733. The van der Waals surface area contributed by atoms with Crippen molar-refractivity contribution >= 4 is 11.9 Å². The van der Waals surface area contributed by atoms with Gasteiger partial charge < -0.3 is 19.7 Å². The second kappa shape index (κ2) is 16.0. The zero-order valence-corrected chi connectivity index (χ0v) is 22.0. The van der Waals surface area contributed by atoms with Crippen LogP contribution in [0.2, 0.25) is 0 Å². The number of carboxylic acid groups (broad SMARTS) is 2. The third-order valence-electron chi connectivity index (χ3n) is 7.58. The molecule has 2 saturated heterocycles. The van der Waals surface area contributed by atoms with E-state index >= 15 is 0 Å². The van der Waals surface area contributed by atoms with Gasteiger partial charge >= 0.3 is 11.9 Å². The highest BCUT2D eigenvalue weighted by Crippen LogP contribution is 2.25. The summed E-state index contributed by atoms with van der Waals surface area (Å²) in [6, 6.07) is 3.34. The maximum atomic E-state index is 12.1. The van der Waals surface area contributed by atoms with Crippen LogP contribution in [0, 0.1) is 0 Å². The van der Waals surface area contributed by atoms with Crippen LogP contribution >= 0.6 is 0 Å². The minimum Gasteiger partial charge on any atom is -0.478 e. The van der Waals surface area contributed by atoms with Gasteiger partial charge in [-0.05, 0) is 55.7 Å². The molecule has 2 fully saturated rings. The molecule has 0 aliphatic carbocycles. The zero-order chi connectivity index (χ0) is 25.6. The Labute approximate surface area is 216 Å². The SMILES string of the molecule is O=C(O)c1ccc(CCCCCCCCCC2CO2)c(CCCCCCCCCC2CO2)c1C(=O)O. The van der Waals surface area contributed by atoms with Gasteiger partial charge in [0.05, 0.1) is 36.5 Å². The van der Waals surface area contributed by atoms with Gasteiger partial charge in [-0.2, -0.15) is 0 Å². The van der Waals surface area contributed by atoms with Crippen LogP contribution in [-0.2, 0) is 22.3 Å².